The van der Waals surface area contributed by atoms with Crippen molar-refractivity contribution in [1.29, 1.82) is 0 Å². The summed E-state index contributed by atoms with van der Waals surface area (Å²) in [6, 6.07) is 5.97. The van der Waals surface area contributed by atoms with Crippen LogP contribution in [-0.2, 0) is 6.54 Å². The maximum absolute atomic E-state index is 12.6. The Kier molecular flexibility index (Phi) is 7.76. The Labute approximate surface area is 181 Å². The molecule has 4 N–H and O–H groups in total. The first-order valence-corrected chi connectivity index (χ1v) is 10.7. The van der Waals surface area contributed by atoms with Crippen LogP contribution in [0.2, 0.25) is 0 Å². The van der Waals surface area contributed by atoms with Crippen LogP contribution in [0.25, 0.3) is 0 Å². The predicted molar refractivity (Wildman–Crippen MR) is 113 cm³/mol. The van der Waals surface area contributed by atoms with Crippen LogP contribution in [-0.4, -0.2) is 29.4 Å². The van der Waals surface area contributed by atoms with Crippen LogP contribution >= 0.6 is 15.9 Å². The first kappa shape index (κ1) is 22.6. The molecular formula is C20H25BrF3N5O. The molecule has 1 aromatic heterocycles. The van der Waals surface area contributed by atoms with Crippen molar-refractivity contribution < 1.29 is 17.9 Å². The largest absolute Gasteiger partial charge is 0.573 e. The maximum Gasteiger partial charge on any atom is 0.573 e. The average Bonchev–Trinajstić information content (AvgIpc) is 2.72. The lowest BCUT2D eigenvalue weighted by Gasteiger charge is -2.28. The SMILES string of the molecule is NCC1CCC(CNc2nc(NCc3ccccc3OC(F)(F)F)ncc2Br)CC1. The normalized spacial score (nSPS) is 19.4. The molecule has 6 nitrogen and oxygen atoms in total. The van der Waals surface area contributed by atoms with Crippen molar-refractivity contribution in [2.45, 2.75) is 38.6 Å². The minimum Gasteiger partial charge on any atom is -0.405 e. The number of nitrogens with zero attached hydrogens (tertiary/aromatic N) is 2. The fourth-order valence-corrected chi connectivity index (χ4v) is 3.87. The van der Waals surface area contributed by atoms with Crippen LogP contribution < -0.4 is 21.1 Å². The van der Waals surface area contributed by atoms with E-state index in [1.165, 1.54) is 12.1 Å². The number of alkyl halides is 3. The van der Waals surface area contributed by atoms with Crippen LogP contribution in [0.5, 0.6) is 5.75 Å². The van der Waals surface area contributed by atoms with Gasteiger partial charge in [0, 0.05) is 24.8 Å². The Morgan fingerprint density at radius 2 is 1.80 bits per heavy atom. The van der Waals surface area contributed by atoms with Crippen LogP contribution in [0, 0.1) is 11.8 Å². The summed E-state index contributed by atoms with van der Waals surface area (Å²) in [6.07, 6.45) is 1.45. The molecule has 0 unspecified atom stereocenters. The number of nitrogens with two attached hydrogens (primary N) is 1. The average molecular weight is 488 g/mol. The van der Waals surface area contributed by atoms with E-state index >= 15 is 0 Å². The van der Waals surface area contributed by atoms with Crippen molar-refractivity contribution in [2.75, 3.05) is 23.7 Å². The van der Waals surface area contributed by atoms with Gasteiger partial charge in [0.1, 0.15) is 11.6 Å². The summed E-state index contributed by atoms with van der Waals surface area (Å²) < 4.78 is 42.5. The number of nitrogens with one attached hydrogen (secondary N) is 2. The predicted octanol–water partition coefficient (Wildman–Crippen LogP) is 4.93. The standard InChI is InChI=1S/C20H25BrF3N5O/c21-16-12-28-19(27-11-15-3-1-2-4-17(15)30-20(22,23)24)29-18(16)26-10-14-7-5-13(9-25)6-8-14/h1-4,12-14H,5-11,25H2,(H2,26,27,28,29). The van der Waals surface area contributed by atoms with E-state index in [0.717, 1.165) is 43.2 Å². The molecule has 30 heavy (non-hydrogen) atoms. The lowest BCUT2D eigenvalue weighted by molar-refractivity contribution is -0.274. The molecule has 0 atom stereocenters. The van der Waals surface area contributed by atoms with Crippen molar-refractivity contribution in [3.63, 3.8) is 0 Å². The van der Waals surface area contributed by atoms with Gasteiger partial charge < -0.3 is 21.1 Å². The van der Waals surface area contributed by atoms with E-state index in [9.17, 15) is 13.2 Å². The fraction of sp³-hybridized carbons (Fsp3) is 0.500. The van der Waals surface area contributed by atoms with E-state index in [4.69, 9.17) is 5.73 Å². The number of hydrogen-bond acceptors (Lipinski definition) is 6. The van der Waals surface area contributed by atoms with E-state index in [0.29, 0.717) is 29.2 Å². The molecule has 1 fully saturated rings. The smallest absolute Gasteiger partial charge is 0.405 e. The van der Waals surface area contributed by atoms with Crippen LogP contribution in [0.1, 0.15) is 31.2 Å². The third kappa shape index (κ3) is 6.73. The number of aromatic nitrogens is 2. The third-order valence-electron chi connectivity index (χ3n) is 5.24. The molecule has 1 aliphatic rings. The van der Waals surface area contributed by atoms with E-state index < -0.39 is 6.36 Å². The highest BCUT2D eigenvalue weighted by molar-refractivity contribution is 9.10. The van der Waals surface area contributed by atoms with Crippen molar-refractivity contribution in [3.8, 4) is 5.75 Å². The summed E-state index contributed by atoms with van der Waals surface area (Å²) in [5.74, 6) is 1.91. The topological polar surface area (TPSA) is 85.1 Å². The van der Waals surface area contributed by atoms with Gasteiger partial charge in [-0.05, 0) is 66.1 Å². The van der Waals surface area contributed by atoms with Gasteiger partial charge in [-0.15, -0.1) is 13.2 Å². The fourth-order valence-electron chi connectivity index (χ4n) is 3.54. The van der Waals surface area contributed by atoms with Gasteiger partial charge >= 0.3 is 6.36 Å². The Bertz CT molecular complexity index is 828. The van der Waals surface area contributed by atoms with Gasteiger partial charge in [-0.1, -0.05) is 18.2 Å². The van der Waals surface area contributed by atoms with Gasteiger partial charge in [0.25, 0.3) is 0 Å². The van der Waals surface area contributed by atoms with Gasteiger partial charge in [0.05, 0.1) is 4.47 Å². The zero-order valence-corrected chi connectivity index (χ0v) is 18.0. The zero-order chi connectivity index (χ0) is 21.6. The van der Waals surface area contributed by atoms with Gasteiger partial charge in [0.15, 0.2) is 0 Å². The second-order valence-corrected chi connectivity index (χ2v) is 8.26. The second-order valence-electron chi connectivity index (χ2n) is 7.40. The molecule has 1 aromatic carbocycles. The first-order valence-electron chi connectivity index (χ1n) is 9.88. The first-order chi connectivity index (χ1) is 14.3. The third-order valence-corrected chi connectivity index (χ3v) is 5.82. The van der Waals surface area contributed by atoms with Crippen molar-refractivity contribution in [3.05, 3.63) is 40.5 Å². The number of rotatable bonds is 8. The van der Waals surface area contributed by atoms with Gasteiger partial charge in [-0.2, -0.15) is 4.98 Å². The molecule has 0 amide bonds. The summed E-state index contributed by atoms with van der Waals surface area (Å²) in [5.41, 5.74) is 6.11. The molecule has 1 saturated carbocycles. The molecule has 0 spiro atoms. The number of halogens is 4. The number of benzene rings is 1. The summed E-state index contributed by atoms with van der Waals surface area (Å²) in [7, 11) is 0. The second kappa shape index (κ2) is 10.3. The molecule has 2 aromatic rings. The van der Waals surface area contributed by atoms with Crippen LogP contribution in [0.15, 0.2) is 34.9 Å². The summed E-state index contributed by atoms with van der Waals surface area (Å²) in [4.78, 5) is 8.63. The number of hydrogen-bond donors (Lipinski definition) is 3. The molecule has 164 valence electrons. The number of para-hydroxylation sites is 1. The lowest BCUT2D eigenvalue weighted by atomic mass is 9.82. The molecular weight excluding hydrogens is 463 g/mol. The van der Waals surface area contributed by atoms with Gasteiger partial charge in [-0.25, -0.2) is 4.98 Å². The minimum atomic E-state index is -4.75. The molecule has 0 radical (unpaired) electrons. The summed E-state index contributed by atoms with van der Waals surface area (Å²) in [6.45, 7) is 1.65. The molecule has 0 saturated heterocycles. The highest BCUT2D eigenvalue weighted by atomic mass is 79.9. The van der Waals surface area contributed by atoms with Crippen LogP contribution in [0.3, 0.4) is 0 Å². The van der Waals surface area contributed by atoms with Crippen molar-refractivity contribution in [2.24, 2.45) is 17.6 Å². The molecule has 0 aliphatic heterocycles. The highest BCUT2D eigenvalue weighted by Crippen LogP contribution is 2.30. The van der Waals surface area contributed by atoms with Gasteiger partial charge in [-0.3, -0.25) is 0 Å². The Morgan fingerprint density at radius 1 is 1.10 bits per heavy atom. The summed E-state index contributed by atoms with van der Waals surface area (Å²) >= 11 is 3.44. The molecule has 3 rings (SSSR count). The summed E-state index contributed by atoms with van der Waals surface area (Å²) in [5, 5.41) is 6.32. The molecule has 1 aliphatic carbocycles. The van der Waals surface area contributed by atoms with E-state index in [-0.39, 0.29) is 12.3 Å². The minimum absolute atomic E-state index is 0.0937. The zero-order valence-electron chi connectivity index (χ0n) is 16.4. The Morgan fingerprint density at radius 3 is 2.50 bits per heavy atom. The molecule has 0 bridgehead atoms. The van der Waals surface area contributed by atoms with Gasteiger partial charge in [0.2, 0.25) is 5.95 Å². The van der Waals surface area contributed by atoms with E-state index in [2.05, 4.69) is 41.3 Å². The molecule has 10 heteroatoms. The number of anilines is 2. The Balaban J connectivity index is 1.58. The lowest BCUT2D eigenvalue weighted by Crippen LogP contribution is -2.25. The van der Waals surface area contributed by atoms with Crippen LogP contribution in [0.4, 0.5) is 24.9 Å². The maximum atomic E-state index is 12.6. The monoisotopic (exact) mass is 487 g/mol. The number of ether oxygens (including phenoxy) is 1. The van der Waals surface area contributed by atoms with E-state index in [1.807, 2.05) is 0 Å². The van der Waals surface area contributed by atoms with Crippen molar-refractivity contribution >= 4 is 27.7 Å². The molecule has 1 heterocycles. The quantitative estimate of drug-likeness (QED) is 0.489. The van der Waals surface area contributed by atoms with E-state index in [1.54, 1.807) is 18.3 Å². The van der Waals surface area contributed by atoms with Crippen molar-refractivity contribution in [1.82, 2.24) is 9.97 Å². The Hall–Kier alpha value is -2.07. The highest BCUT2D eigenvalue weighted by Gasteiger charge is 2.32.